The molecular weight excluding hydrogens is 209 g/mol. The van der Waals surface area contributed by atoms with Gasteiger partial charge >= 0.3 is 6.18 Å². The maximum atomic E-state index is 12.4. The number of hydrogen-bond donors (Lipinski definition) is 1. The Kier molecular flexibility index (Phi) is 3.28. The van der Waals surface area contributed by atoms with Gasteiger partial charge in [-0.05, 0) is 12.1 Å². The van der Waals surface area contributed by atoms with Crippen LogP contribution in [-0.2, 0) is 17.5 Å². The van der Waals surface area contributed by atoms with Crippen LogP contribution in [0.3, 0.4) is 0 Å². The molecule has 0 aliphatic rings. The summed E-state index contributed by atoms with van der Waals surface area (Å²) in [5, 5.41) is 2.27. The van der Waals surface area contributed by atoms with Gasteiger partial charge in [0.1, 0.15) is 0 Å². The molecule has 0 saturated carbocycles. The summed E-state index contributed by atoms with van der Waals surface area (Å²) in [5.41, 5.74) is -1.00. The molecule has 0 bridgehead atoms. The summed E-state index contributed by atoms with van der Waals surface area (Å²) < 4.78 is 37.3. The fourth-order valence-corrected chi connectivity index (χ4v) is 1.05. The van der Waals surface area contributed by atoms with Gasteiger partial charge in [0.15, 0.2) is 0 Å². The number of amides is 1. The van der Waals surface area contributed by atoms with Crippen molar-refractivity contribution in [2.45, 2.75) is 19.6 Å². The molecule has 1 heterocycles. The lowest BCUT2D eigenvalue weighted by Gasteiger charge is -2.11. The van der Waals surface area contributed by atoms with Crippen LogP contribution in [0, 0.1) is 0 Å². The number of hydrogen-bond acceptors (Lipinski definition) is 2. The first-order valence-corrected chi connectivity index (χ1v) is 4.17. The van der Waals surface area contributed by atoms with Crippen LogP contribution in [0.1, 0.15) is 18.2 Å². The molecule has 0 saturated heterocycles. The molecule has 0 aliphatic heterocycles. The number of carbonyl (C=O) groups excluding carboxylic acids is 1. The number of nitrogens with one attached hydrogen (secondary N) is 1. The molecule has 0 aliphatic carbocycles. The highest BCUT2D eigenvalue weighted by Crippen LogP contribution is 2.30. The third kappa shape index (κ3) is 3.23. The van der Waals surface area contributed by atoms with E-state index in [1.54, 1.807) is 0 Å². The summed E-state index contributed by atoms with van der Waals surface area (Å²) in [7, 11) is 0. The Bertz CT molecular complexity index is 363. The van der Waals surface area contributed by atoms with Gasteiger partial charge in [0.25, 0.3) is 0 Å². The highest BCUT2D eigenvalue weighted by Gasteiger charge is 2.33. The van der Waals surface area contributed by atoms with Crippen molar-refractivity contribution in [1.29, 1.82) is 0 Å². The molecule has 3 nitrogen and oxygen atoms in total. The van der Waals surface area contributed by atoms with Gasteiger partial charge in [-0.15, -0.1) is 0 Å². The number of alkyl halides is 3. The minimum atomic E-state index is -4.44. The topological polar surface area (TPSA) is 42.0 Å². The van der Waals surface area contributed by atoms with Gasteiger partial charge in [0.05, 0.1) is 17.8 Å². The fourth-order valence-electron chi connectivity index (χ4n) is 1.05. The highest BCUT2D eigenvalue weighted by molar-refractivity contribution is 5.72. The zero-order chi connectivity index (χ0) is 11.5. The number of pyridine rings is 1. The standard InChI is InChI=1S/C9H9F3N2O/c1-6(15)14-5-8-7(9(10,11)12)3-2-4-13-8/h2-4H,5H2,1H3,(H,14,15). The van der Waals surface area contributed by atoms with Crippen LogP contribution in [0.25, 0.3) is 0 Å². The van der Waals surface area contributed by atoms with E-state index in [9.17, 15) is 18.0 Å². The number of nitrogens with zero attached hydrogens (tertiary/aromatic N) is 1. The minimum absolute atomic E-state index is 0.180. The number of halogens is 3. The fraction of sp³-hybridized carbons (Fsp3) is 0.333. The predicted octanol–water partition coefficient (Wildman–Crippen LogP) is 1.74. The Labute approximate surface area is 84.3 Å². The van der Waals surface area contributed by atoms with Gasteiger partial charge < -0.3 is 5.32 Å². The van der Waals surface area contributed by atoms with Crippen molar-refractivity contribution in [3.05, 3.63) is 29.6 Å². The first kappa shape index (κ1) is 11.5. The summed E-state index contributed by atoms with van der Waals surface area (Å²) >= 11 is 0. The van der Waals surface area contributed by atoms with Crippen LogP contribution >= 0.6 is 0 Å². The van der Waals surface area contributed by atoms with Crippen molar-refractivity contribution in [1.82, 2.24) is 10.3 Å². The van der Waals surface area contributed by atoms with Crippen LogP contribution in [0.2, 0.25) is 0 Å². The number of rotatable bonds is 2. The minimum Gasteiger partial charge on any atom is -0.351 e. The highest BCUT2D eigenvalue weighted by atomic mass is 19.4. The number of aromatic nitrogens is 1. The second-order valence-electron chi connectivity index (χ2n) is 2.91. The predicted molar refractivity (Wildman–Crippen MR) is 46.8 cm³/mol. The molecule has 82 valence electrons. The molecule has 0 radical (unpaired) electrons. The van der Waals surface area contributed by atoms with E-state index in [2.05, 4.69) is 10.3 Å². The molecule has 1 amide bonds. The smallest absolute Gasteiger partial charge is 0.351 e. The average molecular weight is 218 g/mol. The van der Waals surface area contributed by atoms with E-state index in [1.807, 2.05) is 0 Å². The molecule has 1 rings (SSSR count). The molecule has 0 unspecified atom stereocenters. The monoisotopic (exact) mass is 218 g/mol. The van der Waals surface area contributed by atoms with E-state index in [1.165, 1.54) is 19.2 Å². The second kappa shape index (κ2) is 4.29. The Hall–Kier alpha value is -1.59. The van der Waals surface area contributed by atoms with Crippen molar-refractivity contribution in [3.63, 3.8) is 0 Å². The Morgan fingerprint density at radius 3 is 2.73 bits per heavy atom. The van der Waals surface area contributed by atoms with Crippen molar-refractivity contribution in [2.24, 2.45) is 0 Å². The van der Waals surface area contributed by atoms with E-state index in [-0.39, 0.29) is 12.2 Å². The average Bonchev–Trinajstić information content (AvgIpc) is 2.13. The van der Waals surface area contributed by atoms with Gasteiger partial charge in [0, 0.05) is 13.1 Å². The zero-order valence-corrected chi connectivity index (χ0v) is 7.93. The zero-order valence-electron chi connectivity index (χ0n) is 7.93. The van der Waals surface area contributed by atoms with Crippen LogP contribution in [-0.4, -0.2) is 10.9 Å². The van der Waals surface area contributed by atoms with Gasteiger partial charge in [0.2, 0.25) is 5.91 Å². The lowest BCUT2D eigenvalue weighted by molar-refractivity contribution is -0.138. The molecule has 15 heavy (non-hydrogen) atoms. The normalized spacial score (nSPS) is 11.2. The van der Waals surface area contributed by atoms with Gasteiger partial charge in [-0.1, -0.05) is 0 Å². The molecule has 1 N–H and O–H groups in total. The summed E-state index contributed by atoms with van der Waals surface area (Å²) in [5.74, 6) is -0.395. The first-order valence-electron chi connectivity index (χ1n) is 4.17. The van der Waals surface area contributed by atoms with Crippen molar-refractivity contribution >= 4 is 5.91 Å². The molecule has 1 aromatic rings. The van der Waals surface area contributed by atoms with Gasteiger partial charge in [-0.2, -0.15) is 13.2 Å². The SMILES string of the molecule is CC(=O)NCc1ncccc1C(F)(F)F. The van der Waals surface area contributed by atoms with Crippen molar-refractivity contribution < 1.29 is 18.0 Å². The summed E-state index contributed by atoms with van der Waals surface area (Å²) in [6, 6.07) is 2.14. The third-order valence-corrected chi connectivity index (χ3v) is 1.70. The quantitative estimate of drug-likeness (QED) is 0.821. The van der Waals surface area contributed by atoms with Gasteiger partial charge in [-0.3, -0.25) is 9.78 Å². The van der Waals surface area contributed by atoms with E-state index < -0.39 is 17.6 Å². The van der Waals surface area contributed by atoms with Gasteiger partial charge in [-0.25, -0.2) is 0 Å². The van der Waals surface area contributed by atoms with Crippen LogP contribution < -0.4 is 5.32 Å². The molecule has 6 heteroatoms. The van der Waals surface area contributed by atoms with Crippen molar-refractivity contribution in [2.75, 3.05) is 0 Å². The molecule has 0 fully saturated rings. The van der Waals surface area contributed by atoms with E-state index >= 15 is 0 Å². The maximum absolute atomic E-state index is 12.4. The van der Waals surface area contributed by atoms with Crippen molar-refractivity contribution in [3.8, 4) is 0 Å². The summed E-state index contributed by atoms with van der Waals surface area (Å²) in [4.78, 5) is 14.1. The lowest BCUT2D eigenvalue weighted by atomic mass is 10.2. The van der Waals surface area contributed by atoms with E-state index in [0.717, 1.165) is 6.07 Å². The summed E-state index contributed by atoms with van der Waals surface area (Å²) in [6.45, 7) is 1.02. The molecular formula is C9H9F3N2O. The van der Waals surface area contributed by atoms with Crippen LogP contribution in [0.5, 0.6) is 0 Å². The molecule has 1 aromatic heterocycles. The lowest BCUT2D eigenvalue weighted by Crippen LogP contribution is -2.22. The van der Waals surface area contributed by atoms with E-state index in [0.29, 0.717) is 0 Å². The summed E-state index contributed by atoms with van der Waals surface area (Å²) in [6.07, 6.45) is -3.19. The molecule has 0 aromatic carbocycles. The molecule has 0 spiro atoms. The first-order chi connectivity index (χ1) is 6.91. The maximum Gasteiger partial charge on any atom is 0.418 e. The van der Waals surface area contributed by atoms with E-state index in [4.69, 9.17) is 0 Å². The Balaban J connectivity index is 2.92. The Morgan fingerprint density at radius 1 is 1.53 bits per heavy atom. The third-order valence-electron chi connectivity index (χ3n) is 1.70. The molecule has 0 atom stereocenters. The number of carbonyl (C=O) groups is 1. The Morgan fingerprint density at radius 2 is 2.20 bits per heavy atom. The van der Waals surface area contributed by atoms with Crippen LogP contribution in [0.15, 0.2) is 18.3 Å². The second-order valence-corrected chi connectivity index (χ2v) is 2.91. The largest absolute Gasteiger partial charge is 0.418 e. The van der Waals surface area contributed by atoms with Crippen LogP contribution in [0.4, 0.5) is 13.2 Å².